The molecule has 0 saturated carbocycles. The third kappa shape index (κ3) is 2.51. The number of nitrogens with one attached hydrogen (secondary N) is 1. The van der Waals surface area contributed by atoms with Crippen LogP contribution in [0.4, 0.5) is 0 Å². The van der Waals surface area contributed by atoms with Crippen LogP contribution in [-0.2, 0) is 12.8 Å². The van der Waals surface area contributed by atoms with Crippen LogP contribution in [0.3, 0.4) is 0 Å². The molecule has 0 aliphatic carbocycles. The molecule has 4 aromatic heterocycles. The molecule has 0 bridgehead atoms. The predicted molar refractivity (Wildman–Crippen MR) is 105 cm³/mol. The number of aromatic nitrogens is 4. The fourth-order valence-corrected chi connectivity index (χ4v) is 4.83. The van der Waals surface area contributed by atoms with Crippen LogP contribution < -0.4 is 4.74 Å². The van der Waals surface area contributed by atoms with E-state index >= 15 is 0 Å². The molecule has 0 saturated heterocycles. The number of hydrogen-bond acceptors (Lipinski definition) is 5. The summed E-state index contributed by atoms with van der Waals surface area (Å²) in [7, 11) is 0. The first-order chi connectivity index (χ1) is 13.3. The molecule has 27 heavy (non-hydrogen) atoms. The van der Waals surface area contributed by atoms with Crippen LogP contribution in [0.15, 0.2) is 53.8 Å². The number of thioether (sulfide) groups is 1. The van der Waals surface area contributed by atoms with Crippen molar-refractivity contribution in [2.45, 2.75) is 24.0 Å². The van der Waals surface area contributed by atoms with Crippen molar-refractivity contribution >= 4 is 22.8 Å². The first kappa shape index (κ1) is 15.2. The zero-order valence-corrected chi connectivity index (χ0v) is 15.3. The van der Waals surface area contributed by atoms with Gasteiger partial charge in [-0.3, -0.25) is 0 Å². The maximum Gasteiger partial charge on any atom is 0.217 e. The van der Waals surface area contributed by atoms with Crippen LogP contribution in [0.25, 0.3) is 22.3 Å². The molecular weight excluding hydrogens is 356 g/mol. The maximum absolute atomic E-state index is 6.10. The highest BCUT2D eigenvalue weighted by Crippen LogP contribution is 2.38. The van der Waals surface area contributed by atoms with Gasteiger partial charge in [-0.05, 0) is 42.3 Å². The molecule has 5 nitrogen and oxygen atoms in total. The molecule has 0 spiro atoms. The Bertz CT molecular complexity index is 1150. The molecule has 6 heterocycles. The summed E-state index contributed by atoms with van der Waals surface area (Å²) in [6, 6.07) is 12.6. The van der Waals surface area contributed by atoms with E-state index in [0.29, 0.717) is 5.88 Å². The number of nitrogens with zero attached hydrogens (tertiary/aromatic N) is 3. The Hall–Kier alpha value is -2.86. The zero-order chi connectivity index (χ0) is 17.8. The minimum atomic E-state index is -0.0568. The topological polar surface area (TPSA) is 63.7 Å². The van der Waals surface area contributed by atoms with Gasteiger partial charge in [0.1, 0.15) is 11.8 Å². The lowest BCUT2D eigenvalue weighted by Crippen LogP contribution is -2.06. The highest BCUT2D eigenvalue weighted by Gasteiger charge is 2.28. The lowest BCUT2D eigenvalue weighted by molar-refractivity contribution is 0.225. The van der Waals surface area contributed by atoms with E-state index in [2.05, 4.69) is 45.3 Å². The molecule has 1 atom stereocenters. The van der Waals surface area contributed by atoms with Gasteiger partial charge in [-0.15, -0.1) is 11.8 Å². The summed E-state index contributed by atoms with van der Waals surface area (Å²) < 4.78 is 6.10. The van der Waals surface area contributed by atoms with Crippen molar-refractivity contribution in [2.24, 2.45) is 0 Å². The Morgan fingerprint density at radius 3 is 3.07 bits per heavy atom. The second-order valence-electron chi connectivity index (χ2n) is 6.92. The summed E-state index contributed by atoms with van der Waals surface area (Å²) in [4.78, 5) is 17.1. The minimum Gasteiger partial charge on any atom is -0.467 e. The van der Waals surface area contributed by atoms with Gasteiger partial charge in [0.25, 0.3) is 0 Å². The van der Waals surface area contributed by atoms with Crippen LogP contribution in [0.1, 0.15) is 22.9 Å². The van der Waals surface area contributed by atoms with Gasteiger partial charge < -0.3 is 9.72 Å². The van der Waals surface area contributed by atoms with Gasteiger partial charge in [0.05, 0.1) is 10.7 Å². The molecule has 0 aromatic carbocycles. The van der Waals surface area contributed by atoms with E-state index in [0.717, 1.165) is 57.2 Å². The Morgan fingerprint density at radius 2 is 2.11 bits per heavy atom. The van der Waals surface area contributed by atoms with Crippen molar-refractivity contribution in [3.8, 4) is 17.1 Å². The van der Waals surface area contributed by atoms with E-state index in [1.54, 1.807) is 6.20 Å². The van der Waals surface area contributed by atoms with Gasteiger partial charge >= 0.3 is 0 Å². The first-order valence-corrected chi connectivity index (χ1v) is 10.0. The molecule has 0 amide bonds. The highest BCUT2D eigenvalue weighted by molar-refractivity contribution is 7.99. The third-order valence-corrected chi connectivity index (χ3v) is 6.22. The molecule has 1 N–H and O–H groups in total. The van der Waals surface area contributed by atoms with Crippen molar-refractivity contribution < 1.29 is 4.74 Å². The molecular formula is C21H16N4OS. The summed E-state index contributed by atoms with van der Waals surface area (Å²) in [6.07, 6.45) is 5.51. The fourth-order valence-electron chi connectivity index (χ4n) is 3.79. The van der Waals surface area contributed by atoms with Crippen molar-refractivity contribution in [1.29, 1.82) is 0 Å². The standard InChI is InChI=1S/C21H16N4OS/c1-2-13-9-17(24-19(13)22-6-1)15-8-14-10-18(26-20(14)23-11-15)16-4-3-12-5-7-27-21(12)25-16/h1-4,6,8-9,11,18H,5,7,10H2,(H,22,24). The van der Waals surface area contributed by atoms with Crippen LogP contribution in [0.5, 0.6) is 5.88 Å². The SMILES string of the molecule is c1cnc2[nH]c(-c3cnc4c(c3)CC(c3ccc5c(n3)SCC5)O4)cc2c1. The van der Waals surface area contributed by atoms with Crippen LogP contribution >= 0.6 is 11.8 Å². The second-order valence-corrected chi connectivity index (χ2v) is 8.01. The molecule has 132 valence electrons. The summed E-state index contributed by atoms with van der Waals surface area (Å²) in [5.41, 5.74) is 6.44. The van der Waals surface area contributed by atoms with Crippen LogP contribution in [0, 0.1) is 0 Å². The molecule has 2 aliphatic rings. The lowest BCUT2D eigenvalue weighted by atomic mass is 10.1. The largest absolute Gasteiger partial charge is 0.467 e. The van der Waals surface area contributed by atoms with Gasteiger partial charge in [0.2, 0.25) is 5.88 Å². The van der Waals surface area contributed by atoms with Crippen LogP contribution in [-0.4, -0.2) is 25.7 Å². The Kier molecular flexibility index (Phi) is 3.28. The number of aryl methyl sites for hydroxylation is 1. The summed E-state index contributed by atoms with van der Waals surface area (Å²) >= 11 is 1.83. The summed E-state index contributed by atoms with van der Waals surface area (Å²) in [5, 5.41) is 2.26. The van der Waals surface area contributed by atoms with E-state index < -0.39 is 0 Å². The molecule has 0 radical (unpaired) electrons. The van der Waals surface area contributed by atoms with Gasteiger partial charge in [0, 0.05) is 46.8 Å². The highest BCUT2D eigenvalue weighted by atomic mass is 32.2. The van der Waals surface area contributed by atoms with E-state index in [-0.39, 0.29) is 6.10 Å². The smallest absolute Gasteiger partial charge is 0.217 e. The van der Waals surface area contributed by atoms with Crippen molar-refractivity contribution in [3.63, 3.8) is 0 Å². The van der Waals surface area contributed by atoms with E-state index in [4.69, 9.17) is 9.72 Å². The predicted octanol–water partition coefficient (Wildman–Crippen LogP) is 4.34. The molecule has 0 fully saturated rings. The Balaban J connectivity index is 1.32. The van der Waals surface area contributed by atoms with Gasteiger partial charge in [-0.1, -0.05) is 6.07 Å². The molecule has 2 aliphatic heterocycles. The quantitative estimate of drug-likeness (QED) is 0.567. The van der Waals surface area contributed by atoms with Gasteiger partial charge in [0.15, 0.2) is 0 Å². The molecule has 4 aromatic rings. The first-order valence-electron chi connectivity index (χ1n) is 9.06. The van der Waals surface area contributed by atoms with E-state index in [1.165, 1.54) is 5.56 Å². The number of ether oxygens (including phenoxy) is 1. The van der Waals surface area contributed by atoms with Gasteiger partial charge in [-0.2, -0.15) is 0 Å². The van der Waals surface area contributed by atoms with Crippen molar-refractivity contribution in [3.05, 3.63) is 65.6 Å². The van der Waals surface area contributed by atoms with Crippen molar-refractivity contribution in [1.82, 2.24) is 19.9 Å². The van der Waals surface area contributed by atoms with Crippen molar-refractivity contribution in [2.75, 3.05) is 5.75 Å². The average Bonchev–Trinajstić information content (AvgIpc) is 3.42. The minimum absolute atomic E-state index is 0.0568. The van der Waals surface area contributed by atoms with E-state index in [9.17, 15) is 0 Å². The normalized spacial score (nSPS) is 17.7. The fraction of sp³-hybridized carbons (Fsp3) is 0.190. The summed E-state index contributed by atoms with van der Waals surface area (Å²) in [5.74, 6) is 1.84. The molecule has 6 rings (SSSR count). The molecule has 6 heteroatoms. The lowest BCUT2D eigenvalue weighted by Gasteiger charge is -2.10. The monoisotopic (exact) mass is 372 g/mol. The second kappa shape index (κ2) is 5.82. The van der Waals surface area contributed by atoms with E-state index in [1.807, 2.05) is 24.0 Å². The third-order valence-electron chi connectivity index (χ3n) is 5.19. The van der Waals surface area contributed by atoms with Crippen LogP contribution in [0.2, 0.25) is 0 Å². The zero-order valence-electron chi connectivity index (χ0n) is 14.5. The summed E-state index contributed by atoms with van der Waals surface area (Å²) in [6.45, 7) is 0. The number of aromatic amines is 1. The number of rotatable bonds is 2. The Labute approximate surface area is 160 Å². The Morgan fingerprint density at radius 1 is 1.11 bits per heavy atom. The molecule has 1 unspecified atom stereocenters. The maximum atomic E-state index is 6.10. The number of H-pyrrole nitrogens is 1. The number of hydrogen-bond donors (Lipinski definition) is 1. The van der Waals surface area contributed by atoms with Gasteiger partial charge in [-0.25, -0.2) is 15.0 Å². The number of fused-ring (bicyclic) bond motifs is 3. The number of pyridine rings is 3. The average molecular weight is 372 g/mol.